The van der Waals surface area contributed by atoms with Gasteiger partial charge in [0.15, 0.2) is 18.1 Å². The Balaban J connectivity index is 2.28. The fourth-order valence-electron chi connectivity index (χ4n) is 2.67. The first-order chi connectivity index (χ1) is 14.8. The van der Waals surface area contributed by atoms with Crippen molar-refractivity contribution in [3.8, 4) is 17.6 Å². The lowest BCUT2D eigenvalue weighted by Crippen LogP contribution is -2.15. The fraction of sp³-hybridized carbons (Fsp3) is 0.261. The topological polar surface area (TPSA) is 97.7 Å². The quantitative estimate of drug-likeness (QED) is 0.368. The van der Waals surface area contributed by atoms with Crippen LogP contribution < -0.4 is 14.8 Å². The number of methoxy groups -OCH3 is 1. The molecule has 0 saturated heterocycles. The number of aryl methyl sites for hydroxylation is 2. The van der Waals surface area contributed by atoms with Crippen LogP contribution in [0.5, 0.6) is 11.5 Å². The van der Waals surface area contributed by atoms with Crippen molar-refractivity contribution in [2.24, 2.45) is 0 Å². The molecule has 0 bridgehead atoms. The molecule has 0 spiro atoms. The molecule has 8 heteroatoms. The normalized spacial score (nSPS) is 10.8. The average molecular weight is 443 g/mol. The summed E-state index contributed by atoms with van der Waals surface area (Å²) in [6.45, 7) is 5.37. The van der Waals surface area contributed by atoms with Gasteiger partial charge in [-0.25, -0.2) is 4.79 Å². The van der Waals surface area contributed by atoms with E-state index in [1.807, 2.05) is 38.1 Å². The maximum absolute atomic E-state index is 12.6. The summed E-state index contributed by atoms with van der Waals surface area (Å²) in [5.74, 6) is -0.684. The van der Waals surface area contributed by atoms with E-state index in [1.54, 1.807) is 13.0 Å². The standard InChI is InChI=1S/C23H23ClN2O5/c1-5-30-21(27)13-31-22-18(24)10-16(11-20(22)29-4)9-17(12-25)23(28)26-19-8-14(2)6-7-15(19)3/h6-11H,5,13H2,1-4H3,(H,26,28)/b17-9+. The van der Waals surface area contributed by atoms with Gasteiger partial charge in [0.2, 0.25) is 0 Å². The number of hydrogen-bond acceptors (Lipinski definition) is 6. The first-order valence-electron chi connectivity index (χ1n) is 9.45. The first kappa shape index (κ1) is 23.8. The number of carbonyl (C=O) groups is 2. The van der Waals surface area contributed by atoms with Crippen LogP contribution in [0.1, 0.15) is 23.6 Å². The van der Waals surface area contributed by atoms with Crippen molar-refractivity contribution in [3.63, 3.8) is 0 Å². The Labute approximate surface area is 186 Å². The van der Waals surface area contributed by atoms with Crippen molar-refractivity contribution in [3.05, 3.63) is 57.6 Å². The number of carbonyl (C=O) groups excluding carboxylic acids is 2. The predicted octanol–water partition coefficient (Wildman–Crippen LogP) is 4.45. The molecule has 0 aliphatic carbocycles. The van der Waals surface area contributed by atoms with Crippen molar-refractivity contribution in [1.82, 2.24) is 0 Å². The molecular weight excluding hydrogens is 420 g/mol. The third-order valence-corrected chi connectivity index (χ3v) is 4.49. The van der Waals surface area contributed by atoms with E-state index in [0.717, 1.165) is 11.1 Å². The van der Waals surface area contributed by atoms with Crippen LogP contribution in [0.2, 0.25) is 5.02 Å². The van der Waals surface area contributed by atoms with Crippen LogP contribution in [0.4, 0.5) is 5.69 Å². The van der Waals surface area contributed by atoms with Gasteiger partial charge in [-0.3, -0.25) is 4.79 Å². The Morgan fingerprint density at radius 3 is 2.61 bits per heavy atom. The molecule has 2 rings (SSSR count). The number of ether oxygens (including phenoxy) is 3. The zero-order valence-corrected chi connectivity index (χ0v) is 18.5. The summed E-state index contributed by atoms with van der Waals surface area (Å²) in [6, 6.07) is 10.6. The van der Waals surface area contributed by atoms with Gasteiger partial charge in [-0.1, -0.05) is 23.7 Å². The molecule has 0 saturated carbocycles. The minimum Gasteiger partial charge on any atom is -0.493 e. The predicted molar refractivity (Wildman–Crippen MR) is 118 cm³/mol. The molecule has 0 aliphatic rings. The van der Waals surface area contributed by atoms with Gasteiger partial charge in [0.05, 0.1) is 18.7 Å². The number of esters is 1. The summed E-state index contributed by atoms with van der Waals surface area (Å²) >= 11 is 6.28. The maximum atomic E-state index is 12.6. The molecule has 2 aromatic carbocycles. The average Bonchev–Trinajstić information content (AvgIpc) is 2.73. The number of hydrogen-bond donors (Lipinski definition) is 1. The van der Waals surface area contributed by atoms with Crippen LogP contribution in [0.15, 0.2) is 35.9 Å². The van der Waals surface area contributed by atoms with Crippen molar-refractivity contribution in [2.45, 2.75) is 20.8 Å². The van der Waals surface area contributed by atoms with E-state index in [4.69, 9.17) is 25.8 Å². The van der Waals surface area contributed by atoms with Gasteiger partial charge in [-0.15, -0.1) is 0 Å². The van der Waals surface area contributed by atoms with Gasteiger partial charge in [-0.05, 0) is 61.7 Å². The third kappa shape index (κ3) is 6.49. The van der Waals surface area contributed by atoms with Crippen LogP contribution in [0, 0.1) is 25.2 Å². The molecule has 0 aliphatic heterocycles. The lowest BCUT2D eigenvalue weighted by molar-refractivity contribution is -0.145. The maximum Gasteiger partial charge on any atom is 0.344 e. The van der Waals surface area contributed by atoms with Gasteiger partial charge >= 0.3 is 5.97 Å². The van der Waals surface area contributed by atoms with Crippen molar-refractivity contribution < 1.29 is 23.8 Å². The van der Waals surface area contributed by atoms with Gasteiger partial charge in [-0.2, -0.15) is 5.26 Å². The Morgan fingerprint density at radius 2 is 1.97 bits per heavy atom. The van der Waals surface area contributed by atoms with Gasteiger partial charge in [0.1, 0.15) is 11.6 Å². The summed E-state index contributed by atoms with van der Waals surface area (Å²) in [7, 11) is 1.41. The highest BCUT2D eigenvalue weighted by atomic mass is 35.5. The summed E-state index contributed by atoms with van der Waals surface area (Å²) in [6.07, 6.45) is 1.39. The molecule has 0 atom stereocenters. The number of anilines is 1. The number of nitriles is 1. The minimum atomic E-state index is -0.547. The van der Waals surface area contributed by atoms with Gasteiger partial charge < -0.3 is 19.5 Å². The van der Waals surface area contributed by atoms with Crippen LogP contribution in [0.25, 0.3) is 6.08 Å². The Bertz CT molecular complexity index is 1060. The van der Waals surface area contributed by atoms with E-state index < -0.39 is 11.9 Å². The van der Waals surface area contributed by atoms with Crippen molar-refractivity contribution in [2.75, 3.05) is 25.6 Å². The number of benzene rings is 2. The number of halogens is 1. The van der Waals surface area contributed by atoms with E-state index in [2.05, 4.69) is 5.32 Å². The van der Waals surface area contributed by atoms with Crippen LogP contribution >= 0.6 is 11.6 Å². The highest BCUT2D eigenvalue weighted by Crippen LogP contribution is 2.37. The molecule has 1 N–H and O–H groups in total. The number of nitrogens with zero attached hydrogens (tertiary/aromatic N) is 1. The SMILES string of the molecule is CCOC(=O)COc1c(Cl)cc(/C=C(\C#N)C(=O)Nc2cc(C)ccc2C)cc1OC. The molecule has 0 unspecified atom stereocenters. The number of nitrogens with one attached hydrogen (secondary N) is 1. The minimum absolute atomic E-state index is 0.112. The second-order valence-electron chi connectivity index (χ2n) is 6.57. The molecule has 2 aromatic rings. The zero-order chi connectivity index (χ0) is 23.0. The van der Waals surface area contributed by atoms with Gasteiger partial charge in [0.25, 0.3) is 5.91 Å². The van der Waals surface area contributed by atoms with Crippen LogP contribution in [0.3, 0.4) is 0 Å². The van der Waals surface area contributed by atoms with E-state index in [1.165, 1.54) is 19.3 Å². The first-order valence-corrected chi connectivity index (χ1v) is 9.83. The highest BCUT2D eigenvalue weighted by Gasteiger charge is 2.16. The summed E-state index contributed by atoms with van der Waals surface area (Å²) in [5.41, 5.74) is 2.84. The van der Waals surface area contributed by atoms with Crippen LogP contribution in [-0.2, 0) is 14.3 Å². The van der Waals surface area contributed by atoms with E-state index in [-0.39, 0.29) is 35.3 Å². The van der Waals surface area contributed by atoms with Crippen molar-refractivity contribution in [1.29, 1.82) is 5.26 Å². The largest absolute Gasteiger partial charge is 0.493 e. The van der Waals surface area contributed by atoms with E-state index in [0.29, 0.717) is 11.3 Å². The summed E-state index contributed by atoms with van der Waals surface area (Å²) in [4.78, 5) is 24.1. The summed E-state index contributed by atoms with van der Waals surface area (Å²) < 4.78 is 15.5. The van der Waals surface area contributed by atoms with E-state index >= 15 is 0 Å². The lowest BCUT2D eigenvalue weighted by Gasteiger charge is -2.13. The molecule has 1 amide bonds. The monoisotopic (exact) mass is 442 g/mol. The summed E-state index contributed by atoms with van der Waals surface area (Å²) in [5, 5.41) is 12.4. The highest BCUT2D eigenvalue weighted by molar-refractivity contribution is 6.32. The van der Waals surface area contributed by atoms with Gasteiger partial charge in [0, 0.05) is 5.69 Å². The molecule has 0 radical (unpaired) electrons. The number of amides is 1. The molecule has 7 nitrogen and oxygen atoms in total. The Hall–Kier alpha value is -3.50. The second-order valence-corrected chi connectivity index (χ2v) is 6.98. The smallest absolute Gasteiger partial charge is 0.344 e. The molecule has 0 aromatic heterocycles. The van der Waals surface area contributed by atoms with Crippen LogP contribution in [-0.4, -0.2) is 32.2 Å². The third-order valence-electron chi connectivity index (χ3n) is 4.21. The lowest BCUT2D eigenvalue weighted by atomic mass is 10.1. The second kappa shape index (κ2) is 11.0. The zero-order valence-electron chi connectivity index (χ0n) is 17.7. The Kier molecular flexibility index (Phi) is 8.47. The van der Waals surface area contributed by atoms with E-state index in [9.17, 15) is 14.9 Å². The number of rotatable bonds is 8. The fourth-order valence-corrected chi connectivity index (χ4v) is 2.95. The van der Waals surface area contributed by atoms with Crippen molar-refractivity contribution >= 4 is 35.2 Å². The molecule has 31 heavy (non-hydrogen) atoms. The molecule has 162 valence electrons. The Morgan fingerprint density at radius 1 is 1.23 bits per heavy atom. The molecular formula is C23H23ClN2O5. The molecule has 0 fully saturated rings. The molecule has 0 heterocycles.